The minimum absolute atomic E-state index is 0.463. The number of hydrogen-bond donors (Lipinski definition) is 1. The maximum atomic E-state index is 8.26. The van der Waals surface area contributed by atoms with Crippen molar-refractivity contribution < 1.29 is 5.11 Å². The van der Waals surface area contributed by atoms with E-state index in [-0.39, 0.29) is 0 Å². The Kier molecular flexibility index (Phi) is 2.89. The third-order valence-corrected chi connectivity index (χ3v) is 1.16. The summed E-state index contributed by atoms with van der Waals surface area (Å²) in [6.07, 6.45) is 1.68. The zero-order chi connectivity index (χ0) is 4.28. The van der Waals surface area contributed by atoms with Crippen molar-refractivity contribution >= 4 is 25.1 Å². The molecule has 0 rings (SSSR count). The number of aliphatic hydroxyl groups is 1. The Balaban J connectivity index is 3.14. The van der Waals surface area contributed by atoms with Crippen LogP contribution in [0.5, 0.6) is 0 Å². The van der Waals surface area contributed by atoms with Crippen molar-refractivity contribution in [3.63, 3.8) is 0 Å². The Morgan fingerprint density at radius 1 is 2.00 bits per heavy atom. The molecule has 1 nitrogen and oxygen atoms in total. The molecule has 0 aliphatic heterocycles. The average Bonchev–Trinajstić information content (AvgIpc) is 1.38. The van der Waals surface area contributed by atoms with E-state index >= 15 is 0 Å². The van der Waals surface area contributed by atoms with E-state index in [1.807, 2.05) is 6.92 Å². The van der Waals surface area contributed by atoms with Gasteiger partial charge < -0.3 is 0 Å². The van der Waals surface area contributed by atoms with Crippen molar-refractivity contribution in [1.29, 1.82) is 0 Å². The summed E-state index contributed by atoms with van der Waals surface area (Å²) in [7, 11) is 0. The van der Waals surface area contributed by atoms with Crippen LogP contribution in [0.1, 0.15) is 6.92 Å². The van der Waals surface area contributed by atoms with Gasteiger partial charge in [0.25, 0.3) is 0 Å². The van der Waals surface area contributed by atoms with E-state index in [0.717, 1.165) is 25.1 Å². The van der Waals surface area contributed by atoms with Crippen molar-refractivity contribution in [2.24, 2.45) is 0 Å². The molecule has 0 saturated carbocycles. The molecule has 0 fully saturated rings. The number of aliphatic hydroxyl groups excluding tert-OH is 1. The van der Waals surface area contributed by atoms with Gasteiger partial charge in [-0.1, -0.05) is 0 Å². The van der Waals surface area contributed by atoms with Crippen molar-refractivity contribution in [3.8, 4) is 0 Å². The number of rotatable bonds is 0. The minimum atomic E-state index is 0.463. The summed E-state index contributed by atoms with van der Waals surface area (Å²) in [6, 6.07) is 0. The van der Waals surface area contributed by atoms with Crippen molar-refractivity contribution in [3.05, 3.63) is 9.49 Å². The SMILES string of the molecule is C/C=[C](/O)[Po]. The Labute approximate surface area is 46.8 Å². The molecule has 29 valence electrons. The van der Waals surface area contributed by atoms with Crippen LogP contribution < -0.4 is 0 Å². The van der Waals surface area contributed by atoms with Gasteiger partial charge in [-0.15, -0.1) is 0 Å². The first-order valence-electron chi connectivity index (χ1n) is 1.29. The molecule has 0 spiro atoms. The molecule has 0 aromatic rings. The second-order valence-electron chi connectivity index (χ2n) is 0.627. The summed E-state index contributed by atoms with van der Waals surface area (Å²) in [5, 5.41) is 8.26. The second-order valence-corrected chi connectivity index (χ2v) is 2.25. The number of allylic oxidation sites excluding steroid dienone is 1. The van der Waals surface area contributed by atoms with Gasteiger partial charge in [0.05, 0.1) is 0 Å². The van der Waals surface area contributed by atoms with E-state index < -0.39 is 0 Å². The molecule has 0 heterocycles. The molecule has 0 bridgehead atoms. The Hall–Kier alpha value is 0.436. The van der Waals surface area contributed by atoms with Gasteiger partial charge >= 0.3 is 46.6 Å². The fourth-order valence-electron chi connectivity index (χ4n) is 0. The molecule has 0 unspecified atom stereocenters. The summed E-state index contributed by atoms with van der Waals surface area (Å²) >= 11 is 1.13. The Bertz CT molecular complexity index is 44.9. The van der Waals surface area contributed by atoms with Crippen molar-refractivity contribution in [2.45, 2.75) is 6.92 Å². The van der Waals surface area contributed by atoms with Crippen LogP contribution in [0.25, 0.3) is 0 Å². The molecule has 0 aromatic heterocycles. The summed E-state index contributed by atoms with van der Waals surface area (Å²) in [5.74, 6) is 0. The van der Waals surface area contributed by atoms with Gasteiger partial charge in [-0.3, -0.25) is 0 Å². The van der Waals surface area contributed by atoms with Crippen LogP contribution in [-0.2, 0) is 0 Å². The van der Waals surface area contributed by atoms with E-state index in [1.54, 1.807) is 6.08 Å². The van der Waals surface area contributed by atoms with Crippen LogP contribution in [0.4, 0.5) is 0 Å². The quantitative estimate of drug-likeness (QED) is 0.636. The van der Waals surface area contributed by atoms with Crippen LogP contribution >= 0.6 is 0 Å². The van der Waals surface area contributed by atoms with Gasteiger partial charge in [-0.2, -0.15) is 0 Å². The van der Waals surface area contributed by atoms with Gasteiger partial charge in [0.2, 0.25) is 0 Å². The molecular formula is C3H5OPo. The van der Waals surface area contributed by atoms with E-state index in [4.69, 9.17) is 5.11 Å². The molecule has 0 atom stereocenters. The second kappa shape index (κ2) is 2.66. The molecule has 0 aliphatic rings. The molecule has 2 heteroatoms. The first-order valence-corrected chi connectivity index (χ1v) is 2.88. The van der Waals surface area contributed by atoms with Crippen LogP contribution in [0.3, 0.4) is 0 Å². The molecule has 0 aromatic carbocycles. The summed E-state index contributed by atoms with van der Waals surface area (Å²) in [5.41, 5.74) is 0. The van der Waals surface area contributed by atoms with Gasteiger partial charge in [0.15, 0.2) is 0 Å². The molecule has 0 saturated heterocycles. The van der Waals surface area contributed by atoms with Gasteiger partial charge in [0, 0.05) is 0 Å². The summed E-state index contributed by atoms with van der Waals surface area (Å²) in [4.78, 5) is 0. The molecule has 1 radical (unpaired) electrons. The van der Waals surface area contributed by atoms with Crippen LogP contribution in [0.2, 0.25) is 0 Å². The van der Waals surface area contributed by atoms with Crippen LogP contribution in [0, 0.1) is 0 Å². The Morgan fingerprint density at radius 2 is 2.20 bits per heavy atom. The summed E-state index contributed by atoms with van der Waals surface area (Å²) < 4.78 is 0.463. The zero-order valence-corrected chi connectivity index (χ0v) is 6.11. The third-order valence-electron chi connectivity index (χ3n) is 0.247. The van der Waals surface area contributed by atoms with Crippen LogP contribution in [0.15, 0.2) is 9.49 Å². The van der Waals surface area contributed by atoms with Gasteiger partial charge in [-0.05, 0) is 0 Å². The van der Waals surface area contributed by atoms with Crippen molar-refractivity contribution in [2.75, 3.05) is 0 Å². The van der Waals surface area contributed by atoms with E-state index in [9.17, 15) is 0 Å². The molecular weight excluding hydrogens is 261 g/mol. The maximum absolute atomic E-state index is 8.26. The normalized spacial score (nSPS) is 11.8. The predicted octanol–water partition coefficient (Wildman–Crippen LogP) is 0.574. The molecule has 0 aliphatic carbocycles. The molecule has 0 amide bonds. The van der Waals surface area contributed by atoms with E-state index in [2.05, 4.69) is 0 Å². The predicted molar refractivity (Wildman–Crippen MR) is 22.1 cm³/mol. The molecule has 5 heavy (non-hydrogen) atoms. The number of hydrogen-bond acceptors (Lipinski definition) is 1. The fourth-order valence-corrected chi connectivity index (χ4v) is 0. The third kappa shape index (κ3) is 4.44. The van der Waals surface area contributed by atoms with Crippen molar-refractivity contribution in [1.82, 2.24) is 0 Å². The molecule has 1 N–H and O–H groups in total. The van der Waals surface area contributed by atoms with Gasteiger partial charge in [-0.25, -0.2) is 0 Å². The van der Waals surface area contributed by atoms with E-state index in [1.165, 1.54) is 0 Å². The zero-order valence-electron chi connectivity index (χ0n) is 2.93. The topological polar surface area (TPSA) is 20.2 Å². The average molecular weight is 266 g/mol. The van der Waals surface area contributed by atoms with Gasteiger partial charge in [0.1, 0.15) is 0 Å². The monoisotopic (exact) mass is 266 g/mol. The standard InChI is InChI=1S/C3H5O.Po/c1-2-3-4;/h2,4H,1H3;. The first kappa shape index (κ1) is 5.44. The van der Waals surface area contributed by atoms with Crippen LogP contribution in [-0.4, -0.2) is 30.2 Å². The van der Waals surface area contributed by atoms with E-state index in [0.29, 0.717) is 3.42 Å². The summed E-state index contributed by atoms with van der Waals surface area (Å²) in [6.45, 7) is 1.81. The fraction of sp³-hybridized carbons (Fsp3) is 0.333. The first-order chi connectivity index (χ1) is 2.27. The Morgan fingerprint density at radius 3 is 2.20 bits per heavy atom.